The predicted octanol–water partition coefficient (Wildman–Crippen LogP) is 4.52. The quantitative estimate of drug-likeness (QED) is 0.413. The molecule has 1 nitrogen and oxygen atoms in total. The van der Waals surface area contributed by atoms with Crippen LogP contribution in [0.15, 0.2) is 30.3 Å². The number of hydrogen-bond acceptors (Lipinski definition) is 1. The van der Waals surface area contributed by atoms with Crippen molar-refractivity contribution < 1.29 is 17.9 Å². The van der Waals surface area contributed by atoms with Crippen molar-refractivity contribution in [1.29, 1.82) is 0 Å². The molecule has 0 heterocycles. The fourth-order valence-corrected chi connectivity index (χ4v) is 2.16. The first-order chi connectivity index (χ1) is 8.03. The molecule has 0 aliphatic carbocycles. The van der Waals surface area contributed by atoms with Gasteiger partial charge in [0.1, 0.15) is 0 Å². The highest BCUT2D eigenvalue weighted by atomic mass is 127. The van der Waals surface area contributed by atoms with Gasteiger partial charge in [-0.1, -0.05) is 52.9 Å². The van der Waals surface area contributed by atoms with Crippen LogP contribution in [0.5, 0.6) is 0 Å². The Hall–Kier alpha value is -0.300. The van der Waals surface area contributed by atoms with Crippen LogP contribution in [0.1, 0.15) is 24.5 Å². The molecule has 0 aromatic heterocycles. The van der Waals surface area contributed by atoms with E-state index in [0.29, 0.717) is 0 Å². The van der Waals surface area contributed by atoms with Crippen LogP contribution in [0.25, 0.3) is 0 Å². The Balaban J connectivity index is 2.34. The lowest BCUT2D eigenvalue weighted by atomic mass is 10.1. The summed E-state index contributed by atoms with van der Waals surface area (Å²) in [4.78, 5) is 0. The number of rotatable bonds is 6. The Morgan fingerprint density at radius 1 is 1.18 bits per heavy atom. The van der Waals surface area contributed by atoms with E-state index in [1.807, 2.05) is 30.3 Å². The molecule has 5 heteroatoms. The largest absolute Gasteiger partial charge is 0.389 e. The van der Waals surface area contributed by atoms with Crippen LogP contribution in [0.3, 0.4) is 0 Å². The van der Waals surface area contributed by atoms with E-state index in [9.17, 15) is 13.2 Å². The molecule has 0 radical (unpaired) electrons. The van der Waals surface area contributed by atoms with Gasteiger partial charge in [0.05, 0.1) is 6.10 Å². The molecule has 0 bridgehead atoms. The van der Waals surface area contributed by atoms with Crippen molar-refractivity contribution in [3.8, 4) is 0 Å². The fraction of sp³-hybridized carbons (Fsp3) is 0.500. The standard InChI is InChI=1S/C12H14F3IO/c13-12(14,15)7-4-8-17-11(9-16)10-5-2-1-3-6-10/h1-3,5-6,11H,4,7-9H2. The van der Waals surface area contributed by atoms with Crippen molar-refractivity contribution >= 4 is 22.6 Å². The summed E-state index contributed by atoms with van der Waals surface area (Å²) in [6.07, 6.45) is -4.97. The van der Waals surface area contributed by atoms with E-state index in [1.165, 1.54) is 0 Å². The highest BCUT2D eigenvalue weighted by Gasteiger charge is 2.26. The van der Waals surface area contributed by atoms with Crippen LogP contribution in [0.2, 0.25) is 0 Å². The number of halogens is 4. The molecule has 1 aromatic carbocycles. The molecule has 0 saturated heterocycles. The van der Waals surface area contributed by atoms with Gasteiger partial charge in [0, 0.05) is 17.5 Å². The third kappa shape index (κ3) is 6.26. The van der Waals surface area contributed by atoms with Gasteiger partial charge < -0.3 is 4.74 Å². The Morgan fingerprint density at radius 2 is 1.82 bits per heavy atom. The molecule has 0 fully saturated rings. The van der Waals surface area contributed by atoms with E-state index in [1.54, 1.807) is 0 Å². The molecule has 1 aromatic rings. The van der Waals surface area contributed by atoms with Crippen LogP contribution in [-0.2, 0) is 4.74 Å². The minimum absolute atomic E-state index is 0.0173. The Labute approximate surface area is 112 Å². The zero-order valence-electron chi connectivity index (χ0n) is 9.21. The van der Waals surface area contributed by atoms with E-state index in [2.05, 4.69) is 22.6 Å². The molecule has 1 rings (SSSR count). The molecule has 0 aliphatic rings. The first kappa shape index (κ1) is 14.8. The third-order valence-corrected chi connectivity index (χ3v) is 3.04. The number of hydrogen-bond donors (Lipinski definition) is 0. The van der Waals surface area contributed by atoms with Gasteiger partial charge in [0.15, 0.2) is 0 Å². The maximum absolute atomic E-state index is 11.9. The molecule has 0 saturated carbocycles. The zero-order valence-corrected chi connectivity index (χ0v) is 11.4. The van der Waals surface area contributed by atoms with Crippen LogP contribution in [0, 0.1) is 0 Å². The molecular weight excluding hydrogens is 344 g/mol. The lowest BCUT2D eigenvalue weighted by Crippen LogP contribution is -2.11. The molecule has 1 unspecified atom stereocenters. The summed E-state index contributed by atoms with van der Waals surface area (Å²) in [5.74, 6) is 0. The second-order valence-corrected chi connectivity index (χ2v) is 4.52. The average molecular weight is 358 g/mol. The molecule has 0 aliphatic heterocycles. The number of benzene rings is 1. The van der Waals surface area contributed by atoms with Gasteiger partial charge in [-0.25, -0.2) is 0 Å². The van der Waals surface area contributed by atoms with Crippen molar-refractivity contribution in [1.82, 2.24) is 0 Å². The van der Waals surface area contributed by atoms with E-state index in [4.69, 9.17) is 4.74 Å². The van der Waals surface area contributed by atoms with Gasteiger partial charge in [0.25, 0.3) is 0 Å². The van der Waals surface area contributed by atoms with Crippen LogP contribution < -0.4 is 0 Å². The van der Waals surface area contributed by atoms with Gasteiger partial charge in [-0.3, -0.25) is 0 Å². The molecule has 1 atom stereocenters. The predicted molar refractivity (Wildman–Crippen MR) is 69.3 cm³/mol. The summed E-state index contributed by atoms with van der Waals surface area (Å²) in [5, 5.41) is 0. The van der Waals surface area contributed by atoms with Crippen molar-refractivity contribution in [2.75, 3.05) is 11.0 Å². The van der Waals surface area contributed by atoms with Gasteiger partial charge in [-0.15, -0.1) is 0 Å². The van der Waals surface area contributed by atoms with Gasteiger partial charge in [0.2, 0.25) is 0 Å². The van der Waals surface area contributed by atoms with E-state index in [-0.39, 0.29) is 19.1 Å². The minimum atomic E-state index is -4.09. The summed E-state index contributed by atoms with van der Waals surface area (Å²) >= 11 is 2.17. The second kappa shape index (κ2) is 7.20. The maximum atomic E-state index is 11.9. The Kier molecular flexibility index (Phi) is 6.26. The third-order valence-electron chi connectivity index (χ3n) is 2.24. The monoisotopic (exact) mass is 358 g/mol. The van der Waals surface area contributed by atoms with Gasteiger partial charge >= 0.3 is 6.18 Å². The van der Waals surface area contributed by atoms with Crippen LogP contribution in [-0.4, -0.2) is 17.2 Å². The van der Waals surface area contributed by atoms with Gasteiger partial charge in [-0.05, 0) is 12.0 Å². The normalized spacial score (nSPS) is 13.6. The molecule has 17 heavy (non-hydrogen) atoms. The average Bonchev–Trinajstić information content (AvgIpc) is 2.29. The minimum Gasteiger partial charge on any atom is -0.373 e. The van der Waals surface area contributed by atoms with Crippen LogP contribution in [0.4, 0.5) is 13.2 Å². The SMILES string of the molecule is FC(F)(F)CCCOC(CI)c1ccccc1. The van der Waals surface area contributed by atoms with E-state index >= 15 is 0 Å². The highest BCUT2D eigenvalue weighted by molar-refractivity contribution is 14.1. The molecule has 0 amide bonds. The Morgan fingerprint density at radius 3 is 2.35 bits per heavy atom. The lowest BCUT2D eigenvalue weighted by Gasteiger charge is -2.16. The molecule has 0 spiro atoms. The summed E-state index contributed by atoms with van der Waals surface area (Å²) in [7, 11) is 0. The Bertz CT molecular complexity index is 313. The highest BCUT2D eigenvalue weighted by Crippen LogP contribution is 2.23. The van der Waals surface area contributed by atoms with E-state index < -0.39 is 12.6 Å². The summed E-state index contributed by atoms with van der Waals surface area (Å²) in [6.45, 7) is 0.141. The fourth-order valence-electron chi connectivity index (χ4n) is 1.40. The van der Waals surface area contributed by atoms with Crippen molar-refractivity contribution in [2.45, 2.75) is 25.1 Å². The summed E-state index contributed by atoms with van der Waals surface area (Å²) in [5.41, 5.74) is 1.01. The maximum Gasteiger partial charge on any atom is 0.389 e. The molecular formula is C12H14F3IO. The summed E-state index contributed by atoms with van der Waals surface area (Å²) < 4.78 is 42.0. The topological polar surface area (TPSA) is 9.23 Å². The number of ether oxygens (including phenoxy) is 1. The van der Waals surface area contributed by atoms with Crippen LogP contribution >= 0.6 is 22.6 Å². The molecule has 96 valence electrons. The van der Waals surface area contributed by atoms with Crippen molar-refractivity contribution in [2.24, 2.45) is 0 Å². The first-order valence-corrected chi connectivity index (χ1v) is 6.85. The van der Waals surface area contributed by atoms with Crippen molar-refractivity contribution in [3.63, 3.8) is 0 Å². The van der Waals surface area contributed by atoms with E-state index in [0.717, 1.165) is 9.99 Å². The second-order valence-electron chi connectivity index (χ2n) is 3.64. The van der Waals surface area contributed by atoms with Crippen molar-refractivity contribution in [3.05, 3.63) is 35.9 Å². The zero-order chi connectivity index (χ0) is 12.7. The summed E-state index contributed by atoms with van der Waals surface area (Å²) in [6, 6.07) is 9.54. The number of alkyl halides is 4. The smallest absolute Gasteiger partial charge is 0.373 e. The first-order valence-electron chi connectivity index (χ1n) is 5.32. The van der Waals surface area contributed by atoms with Gasteiger partial charge in [-0.2, -0.15) is 13.2 Å². The molecule has 0 N–H and O–H groups in total. The lowest BCUT2D eigenvalue weighted by molar-refractivity contribution is -0.138.